The summed E-state index contributed by atoms with van der Waals surface area (Å²) in [6, 6.07) is 19.7. The Kier molecular flexibility index (Phi) is 5.53. The zero-order valence-electron chi connectivity index (χ0n) is 14.5. The molecule has 1 atom stereocenters. The fourth-order valence-corrected chi connectivity index (χ4v) is 2.63. The van der Waals surface area contributed by atoms with Crippen molar-refractivity contribution < 1.29 is 14.3 Å². The monoisotopic (exact) mass is 337 g/mol. The Morgan fingerprint density at radius 2 is 1.68 bits per heavy atom. The van der Waals surface area contributed by atoms with Gasteiger partial charge in [-0.1, -0.05) is 36.4 Å². The molecule has 2 N–H and O–H groups in total. The second kappa shape index (κ2) is 8.01. The maximum Gasteiger partial charge on any atom is 0.134 e. The lowest BCUT2D eigenvalue weighted by Crippen LogP contribution is -2.11. The molecule has 3 rings (SSSR count). The second-order valence-corrected chi connectivity index (χ2v) is 6.02. The first-order valence-corrected chi connectivity index (χ1v) is 8.36. The summed E-state index contributed by atoms with van der Waals surface area (Å²) in [6.07, 6.45) is -0.455. The molecule has 4 nitrogen and oxygen atoms in total. The number of hydrogen-bond donors (Lipinski definition) is 2. The SMILES string of the molecule is COc1ccc(CNCc2ccc(-c3ccc([C@H](C)O)cc3)o2)cc1. The predicted molar refractivity (Wildman–Crippen MR) is 98.3 cm³/mol. The summed E-state index contributed by atoms with van der Waals surface area (Å²) in [5.74, 6) is 2.59. The third-order valence-electron chi connectivity index (χ3n) is 4.13. The maximum atomic E-state index is 9.57. The number of rotatable bonds is 7. The summed E-state index contributed by atoms with van der Waals surface area (Å²) in [5.41, 5.74) is 3.10. The van der Waals surface area contributed by atoms with Gasteiger partial charge in [-0.15, -0.1) is 0 Å². The Balaban J connectivity index is 1.56. The molecule has 1 heterocycles. The van der Waals surface area contributed by atoms with Crippen LogP contribution in [0.25, 0.3) is 11.3 Å². The molecule has 0 fully saturated rings. The average molecular weight is 337 g/mol. The highest BCUT2D eigenvalue weighted by Crippen LogP contribution is 2.24. The summed E-state index contributed by atoms with van der Waals surface area (Å²) >= 11 is 0. The van der Waals surface area contributed by atoms with E-state index in [2.05, 4.69) is 5.32 Å². The van der Waals surface area contributed by atoms with E-state index in [4.69, 9.17) is 9.15 Å². The summed E-state index contributed by atoms with van der Waals surface area (Å²) < 4.78 is 11.1. The number of benzene rings is 2. The predicted octanol–water partition coefficient (Wildman–Crippen LogP) is 4.30. The lowest BCUT2D eigenvalue weighted by Gasteiger charge is -2.05. The van der Waals surface area contributed by atoms with Crippen LogP contribution in [0.3, 0.4) is 0 Å². The molecular weight excluding hydrogens is 314 g/mol. The summed E-state index contributed by atoms with van der Waals surface area (Å²) in [7, 11) is 1.67. The number of hydrogen-bond acceptors (Lipinski definition) is 4. The van der Waals surface area contributed by atoms with Gasteiger partial charge in [0.05, 0.1) is 19.8 Å². The van der Waals surface area contributed by atoms with Gasteiger partial charge in [-0.05, 0) is 42.3 Å². The number of nitrogens with one attached hydrogen (secondary N) is 1. The van der Waals surface area contributed by atoms with E-state index in [1.165, 1.54) is 5.56 Å². The highest BCUT2D eigenvalue weighted by atomic mass is 16.5. The van der Waals surface area contributed by atoms with Crippen LogP contribution in [-0.4, -0.2) is 12.2 Å². The Bertz CT molecular complexity index is 789. The fourth-order valence-electron chi connectivity index (χ4n) is 2.63. The molecule has 0 amide bonds. The van der Waals surface area contributed by atoms with Crippen LogP contribution in [0.2, 0.25) is 0 Å². The van der Waals surface area contributed by atoms with Crippen LogP contribution in [0, 0.1) is 0 Å². The molecule has 2 aromatic carbocycles. The van der Waals surface area contributed by atoms with E-state index in [1.807, 2.05) is 60.7 Å². The first-order chi connectivity index (χ1) is 12.2. The van der Waals surface area contributed by atoms with Gasteiger partial charge in [0, 0.05) is 12.1 Å². The minimum absolute atomic E-state index is 0.455. The van der Waals surface area contributed by atoms with Gasteiger partial charge in [0.15, 0.2) is 0 Å². The van der Waals surface area contributed by atoms with Crippen LogP contribution in [0.15, 0.2) is 65.1 Å². The molecule has 0 saturated heterocycles. The standard InChI is InChI=1S/C21H23NO3/c1-15(23)17-5-7-18(8-6-17)21-12-11-20(25-21)14-22-13-16-3-9-19(24-2)10-4-16/h3-12,15,22-23H,13-14H2,1-2H3/t15-/m0/s1. The molecule has 0 aliphatic rings. The molecule has 3 aromatic rings. The maximum absolute atomic E-state index is 9.57. The molecule has 0 spiro atoms. The van der Waals surface area contributed by atoms with Crippen LogP contribution in [0.4, 0.5) is 0 Å². The largest absolute Gasteiger partial charge is 0.497 e. The van der Waals surface area contributed by atoms with E-state index < -0.39 is 6.10 Å². The van der Waals surface area contributed by atoms with Crippen molar-refractivity contribution in [1.29, 1.82) is 0 Å². The zero-order chi connectivity index (χ0) is 17.6. The summed E-state index contributed by atoms with van der Waals surface area (Å²) in [5, 5.41) is 12.9. The first-order valence-electron chi connectivity index (χ1n) is 8.36. The van der Waals surface area contributed by atoms with Gasteiger partial charge in [-0.3, -0.25) is 0 Å². The molecular formula is C21H23NO3. The van der Waals surface area contributed by atoms with Crippen LogP contribution in [0.5, 0.6) is 5.75 Å². The molecule has 0 radical (unpaired) electrons. The third kappa shape index (κ3) is 4.50. The Morgan fingerprint density at radius 1 is 0.960 bits per heavy atom. The van der Waals surface area contributed by atoms with Crippen LogP contribution in [0.1, 0.15) is 29.9 Å². The van der Waals surface area contributed by atoms with Crippen LogP contribution < -0.4 is 10.1 Å². The third-order valence-corrected chi connectivity index (χ3v) is 4.13. The molecule has 1 aromatic heterocycles. The fraction of sp³-hybridized carbons (Fsp3) is 0.238. The van der Waals surface area contributed by atoms with Crippen LogP contribution >= 0.6 is 0 Å². The Morgan fingerprint density at radius 3 is 2.32 bits per heavy atom. The number of aliphatic hydroxyl groups excluding tert-OH is 1. The highest BCUT2D eigenvalue weighted by Gasteiger charge is 2.06. The smallest absolute Gasteiger partial charge is 0.134 e. The number of ether oxygens (including phenoxy) is 1. The van der Waals surface area contributed by atoms with E-state index in [1.54, 1.807) is 14.0 Å². The van der Waals surface area contributed by atoms with Gasteiger partial charge in [0.2, 0.25) is 0 Å². The van der Waals surface area contributed by atoms with Crippen molar-refractivity contribution in [2.75, 3.05) is 7.11 Å². The van der Waals surface area contributed by atoms with Gasteiger partial charge >= 0.3 is 0 Å². The first kappa shape index (κ1) is 17.3. The second-order valence-electron chi connectivity index (χ2n) is 6.02. The van der Waals surface area contributed by atoms with E-state index in [0.29, 0.717) is 6.54 Å². The van der Waals surface area contributed by atoms with Crippen molar-refractivity contribution >= 4 is 0 Å². The van der Waals surface area contributed by atoms with Gasteiger partial charge < -0.3 is 19.6 Å². The number of furan rings is 1. The van der Waals surface area contributed by atoms with E-state index in [9.17, 15) is 5.11 Å². The minimum atomic E-state index is -0.455. The normalized spacial score (nSPS) is 12.1. The van der Waals surface area contributed by atoms with E-state index in [-0.39, 0.29) is 0 Å². The van der Waals surface area contributed by atoms with Crippen molar-refractivity contribution in [2.45, 2.75) is 26.1 Å². The van der Waals surface area contributed by atoms with Gasteiger partial charge in [-0.2, -0.15) is 0 Å². The number of aliphatic hydroxyl groups is 1. The lowest BCUT2D eigenvalue weighted by atomic mass is 10.1. The van der Waals surface area contributed by atoms with E-state index >= 15 is 0 Å². The van der Waals surface area contributed by atoms with Crippen molar-refractivity contribution in [2.24, 2.45) is 0 Å². The molecule has 25 heavy (non-hydrogen) atoms. The van der Waals surface area contributed by atoms with E-state index in [0.717, 1.165) is 34.9 Å². The lowest BCUT2D eigenvalue weighted by molar-refractivity contribution is 0.199. The molecule has 0 unspecified atom stereocenters. The average Bonchev–Trinajstić information content (AvgIpc) is 3.11. The molecule has 130 valence electrons. The Hall–Kier alpha value is -2.56. The summed E-state index contributed by atoms with van der Waals surface area (Å²) in [4.78, 5) is 0. The minimum Gasteiger partial charge on any atom is -0.497 e. The molecule has 0 saturated carbocycles. The van der Waals surface area contributed by atoms with Crippen molar-refractivity contribution in [1.82, 2.24) is 5.32 Å². The molecule has 0 aliphatic heterocycles. The zero-order valence-corrected chi connectivity index (χ0v) is 14.5. The van der Waals surface area contributed by atoms with Gasteiger partial charge in [0.25, 0.3) is 0 Å². The van der Waals surface area contributed by atoms with Crippen molar-refractivity contribution in [3.05, 3.63) is 77.6 Å². The summed E-state index contributed by atoms with van der Waals surface area (Å²) in [6.45, 7) is 3.19. The Labute approximate surface area is 148 Å². The highest BCUT2D eigenvalue weighted by molar-refractivity contribution is 5.58. The van der Waals surface area contributed by atoms with Gasteiger partial charge in [-0.25, -0.2) is 0 Å². The van der Waals surface area contributed by atoms with Gasteiger partial charge in [0.1, 0.15) is 17.3 Å². The van der Waals surface area contributed by atoms with Crippen LogP contribution in [-0.2, 0) is 13.1 Å². The topological polar surface area (TPSA) is 54.6 Å². The number of methoxy groups -OCH3 is 1. The quantitative estimate of drug-likeness (QED) is 0.675. The van der Waals surface area contributed by atoms with Crippen molar-refractivity contribution in [3.63, 3.8) is 0 Å². The molecule has 0 bridgehead atoms. The van der Waals surface area contributed by atoms with Crippen molar-refractivity contribution in [3.8, 4) is 17.1 Å². The molecule has 0 aliphatic carbocycles. The molecule has 4 heteroatoms.